The molecule has 0 saturated heterocycles. The summed E-state index contributed by atoms with van der Waals surface area (Å²) in [5, 5.41) is 0. The Kier molecular flexibility index (Phi) is 2.54. The van der Waals surface area contributed by atoms with Crippen LogP contribution in [0.2, 0.25) is 0 Å². The van der Waals surface area contributed by atoms with Crippen LogP contribution in [0.3, 0.4) is 0 Å². The first kappa shape index (κ1) is 9.99. The minimum atomic E-state index is -3.58. The van der Waals surface area contributed by atoms with Gasteiger partial charge >= 0.3 is 0 Å². The van der Waals surface area contributed by atoms with E-state index >= 15 is 0 Å². The molecule has 2 rings (SSSR count). The van der Waals surface area contributed by atoms with Crippen molar-refractivity contribution in [2.24, 2.45) is 0 Å². The van der Waals surface area contributed by atoms with Crippen molar-refractivity contribution in [3.8, 4) is 0 Å². The molecule has 0 atom stereocenters. The number of halogens is 1. The van der Waals surface area contributed by atoms with E-state index in [9.17, 15) is 8.42 Å². The molecule has 0 radical (unpaired) electrons. The third-order valence-corrected chi connectivity index (χ3v) is 4.12. The molecule has 1 aliphatic carbocycles. The smallest absolute Gasteiger partial charge is 0.207 e. The predicted octanol–water partition coefficient (Wildman–Crippen LogP) is 2.88. The van der Waals surface area contributed by atoms with Gasteiger partial charge in [0.2, 0.25) is 0 Å². The summed E-state index contributed by atoms with van der Waals surface area (Å²) in [6, 6.07) is 7.01. The molecule has 0 amide bonds. The highest BCUT2D eigenvalue weighted by Gasteiger charge is 2.25. The Morgan fingerprint density at radius 1 is 1.21 bits per heavy atom. The lowest BCUT2D eigenvalue weighted by Crippen LogP contribution is -2.11. The summed E-state index contributed by atoms with van der Waals surface area (Å²) >= 11 is 0. The van der Waals surface area contributed by atoms with Crippen molar-refractivity contribution in [3.05, 3.63) is 29.8 Å². The Balaban J connectivity index is 2.48. The molecule has 1 aromatic carbocycles. The van der Waals surface area contributed by atoms with E-state index in [1.54, 1.807) is 12.1 Å². The fourth-order valence-corrected chi connectivity index (χ4v) is 2.94. The number of hydrogen-bond acceptors (Lipinski definition) is 2. The minimum Gasteiger partial charge on any atom is -0.207 e. The SMILES string of the molecule is O=S(=O)(Cl)c1ccccc1C1CCC1. The molecule has 0 N–H and O–H groups in total. The van der Waals surface area contributed by atoms with E-state index in [2.05, 4.69) is 0 Å². The Bertz CT molecular complexity index is 435. The molecule has 76 valence electrons. The number of rotatable bonds is 2. The van der Waals surface area contributed by atoms with E-state index in [0.717, 1.165) is 18.4 Å². The molecule has 14 heavy (non-hydrogen) atoms. The zero-order valence-electron chi connectivity index (χ0n) is 7.61. The average molecular weight is 231 g/mol. The topological polar surface area (TPSA) is 34.1 Å². The van der Waals surface area contributed by atoms with E-state index in [4.69, 9.17) is 10.7 Å². The molecular formula is C10H11ClO2S. The van der Waals surface area contributed by atoms with Crippen LogP contribution in [0.4, 0.5) is 0 Å². The highest BCUT2D eigenvalue weighted by atomic mass is 35.7. The second-order valence-electron chi connectivity index (χ2n) is 3.60. The summed E-state index contributed by atoms with van der Waals surface area (Å²) in [6.45, 7) is 0. The molecule has 1 saturated carbocycles. The Labute approximate surface area is 88.3 Å². The maximum atomic E-state index is 11.3. The monoisotopic (exact) mass is 230 g/mol. The van der Waals surface area contributed by atoms with Crippen molar-refractivity contribution >= 4 is 19.7 Å². The average Bonchev–Trinajstić information content (AvgIpc) is 2.00. The van der Waals surface area contributed by atoms with Crippen molar-refractivity contribution in [2.75, 3.05) is 0 Å². The molecule has 0 unspecified atom stereocenters. The van der Waals surface area contributed by atoms with Gasteiger partial charge in [-0.25, -0.2) is 8.42 Å². The van der Waals surface area contributed by atoms with Gasteiger partial charge in [0.25, 0.3) is 9.05 Å². The number of hydrogen-bond donors (Lipinski definition) is 0. The third-order valence-electron chi connectivity index (χ3n) is 2.73. The summed E-state index contributed by atoms with van der Waals surface area (Å²) < 4.78 is 22.5. The van der Waals surface area contributed by atoms with Gasteiger partial charge in [-0.1, -0.05) is 24.6 Å². The third kappa shape index (κ3) is 1.79. The summed E-state index contributed by atoms with van der Waals surface area (Å²) in [4.78, 5) is 0.284. The van der Waals surface area contributed by atoms with E-state index < -0.39 is 9.05 Å². The van der Waals surface area contributed by atoms with Crippen LogP contribution in [-0.4, -0.2) is 8.42 Å². The Morgan fingerprint density at radius 2 is 1.86 bits per heavy atom. The fourth-order valence-electron chi connectivity index (χ4n) is 1.76. The molecule has 1 aromatic rings. The summed E-state index contributed by atoms with van der Waals surface area (Å²) in [5.41, 5.74) is 0.883. The first-order chi connectivity index (χ1) is 6.59. The second kappa shape index (κ2) is 3.55. The van der Waals surface area contributed by atoms with Crippen LogP contribution in [0.25, 0.3) is 0 Å². The lowest BCUT2D eigenvalue weighted by Gasteiger charge is -2.27. The maximum Gasteiger partial charge on any atom is 0.261 e. The molecule has 0 aliphatic heterocycles. The van der Waals surface area contributed by atoms with Gasteiger partial charge < -0.3 is 0 Å². The summed E-state index contributed by atoms with van der Waals surface area (Å²) in [6.07, 6.45) is 3.33. The lowest BCUT2D eigenvalue weighted by molar-refractivity contribution is 0.414. The fraction of sp³-hybridized carbons (Fsp3) is 0.400. The summed E-state index contributed by atoms with van der Waals surface area (Å²) in [7, 11) is 1.78. The van der Waals surface area contributed by atoms with Crippen LogP contribution in [0.15, 0.2) is 29.2 Å². The normalized spacial score (nSPS) is 17.8. The van der Waals surface area contributed by atoms with Crippen LogP contribution in [-0.2, 0) is 9.05 Å². The number of benzene rings is 1. The predicted molar refractivity (Wildman–Crippen MR) is 56.1 cm³/mol. The summed E-state index contributed by atoms with van der Waals surface area (Å²) in [5.74, 6) is 0.389. The first-order valence-corrected chi connectivity index (χ1v) is 6.93. The van der Waals surface area contributed by atoms with Gasteiger partial charge in [-0.05, 0) is 30.4 Å². The van der Waals surface area contributed by atoms with E-state index in [1.165, 1.54) is 6.42 Å². The van der Waals surface area contributed by atoms with Crippen molar-refractivity contribution < 1.29 is 8.42 Å². The molecule has 0 heterocycles. The van der Waals surface area contributed by atoms with Crippen molar-refractivity contribution in [1.29, 1.82) is 0 Å². The van der Waals surface area contributed by atoms with Crippen LogP contribution in [0.5, 0.6) is 0 Å². The quantitative estimate of drug-likeness (QED) is 0.733. The van der Waals surface area contributed by atoms with Gasteiger partial charge in [0.05, 0.1) is 4.90 Å². The van der Waals surface area contributed by atoms with Gasteiger partial charge in [0.15, 0.2) is 0 Å². The highest BCUT2D eigenvalue weighted by molar-refractivity contribution is 8.13. The molecule has 0 aromatic heterocycles. The van der Waals surface area contributed by atoms with Gasteiger partial charge in [-0.3, -0.25) is 0 Å². The van der Waals surface area contributed by atoms with E-state index in [0.29, 0.717) is 5.92 Å². The standard InChI is InChI=1S/C10H11ClO2S/c11-14(12,13)10-7-2-1-6-9(10)8-4-3-5-8/h1-2,6-8H,3-5H2. The van der Waals surface area contributed by atoms with Crippen LogP contribution >= 0.6 is 10.7 Å². The zero-order valence-corrected chi connectivity index (χ0v) is 9.18. The van der Waals surface area contributed by atoms with Crippen LogP contribution < -0.4 is 0 Å². The highest BCUT2D eigenvalue weighted by Crippen LogP contribution is 2.39. The van der Waals surface area contributed by atoms with Crippen molar-refractivity contribution in [2.45, 2.75) is 30.1 Å². The van der Waals surface area contributed by atoms with Gasteiger partial charge in [-0.15, -0.1) is 0 Å². The van der Waals surface area contributed by atoms with Crippen LogP contribution in [0.1, 0.15) is 30.7 Å². The van der Waals surface area contributed by atoms with E-state index in [1.807, 2.05) is 12.1 Å². The minimum absolute atomic E-state index is 0.284. The molecule has 0 spiro atoms. The zero-order chi connectivity index (χ0) is 10.2. The Morgan fingerprint density at radius 3 is 2.36 bits per heavy atom. The second-order valence-corrected chi connectivity index (χ2v) is 6.14. The van der Waals surface area contributed by atoms with Crippen molar-refractivity contribution in [3.63, 3.8) is 0 Å². The van der Waals surface area contributed by atoms with Gasteiger partial charge in [0, 0.05) is 10.7 Å². The van der Waals surface area contributed by atoms with Gasteiger partial charge in [0.1, 0.15) is 0 Å². The molecule has 0 bridgehead atoms. The lowest BCUT2D eigenvalue weighted by atomic mass is 9.80. The molecule has 4 heteroatoms. The molecule has 1 fully saturated rings. The first-order valence-electron chi connectivity index (χ1n) is 4.62. The molecule has 2 nitrogen and oxygen atoms in total. The van der Waals surface area contributed by atoms with Crippen LogP contribution in [0, 0.1) is 0 Å². The largest absolute Gasteiger partial charge is 0.261 e. The molecular weight excluding hydrogens is 220 g/mol. The van der Waals surface area contributed by atoms with E-state index in [-0.39, 0.29) is 4.90 Å². The van der Waals surface area contributed by atoms with Gasteiger partial charge in [-0.2, -0.15) is 0 Å². The van der Waals surface area contributed by atoms with Crippen molar-refractivity contribution in [1.82, 2.24) is 0 Å². The molecule has 1 aliphatic rings. The Hall–Kier alpha value is -0.540. The maximum absolute atomic E-state index is 11.3.